The second kappa shape index (κ2) is 6.35. The summed E-state index contributed by atoms with van der Waals surface area (Å²) >= 11 is 0. The van der Waals surface area contributed by atoms with Crippen LogP contribution in [0.1, 0.15) is 32.6 Å². The topological polar surface area (TPSA) is 69.6 Å². The highest BCUT2D eigenvalue weighted by Crippen LogP contribution is 2.15. The first-order valence-corrected chi connectivity index (χ1v) is 5.84. The van der Waals surface area contributed by atoms with E-state index in [9.17, 15) is 9.59 Å². The van der Waals surface area contributed by atoms with E-state index in [0.29, 0.717) is 5.92 Å². The first kappa shape index (κ1) is 12.8. The Bertz CT molecular complexity index is 256. The van der Waals surface area contributed by atoms with E-state index in [4.69, 9.17) is 5.11 Å². The molecule has 92 valence electrons. The van der Waals surface area contributed by atoms with Crippen molar-refractivity contribution in [1.29, 1.82) is 0 Å². The van der Waals surface area contributed by atoms with Crippen molar-refractivity contribution in [2.24, 2.45) is 5.92 Å². The first-order chi connectivity index (χ1) is 7.59. The maximum atomic E-state index is 11.7. The Morgan fingerprint density at radius 1 is 1.44 bits per heavy atom. The van der Waals surface area contributed by atoms with Gasteiger partial charge in [0.2, 0.25) is 0 Å². The fourth-order valence-corrected chi connectivity index (χ4v) is 1.93. The molecule has 5 nitrogen and oxygen atoms in total. The van der Waals surface area contributed by atoms with Crippen molar-refractivity contribution in [2.75, 3.05) is 19.6 Å². The maximum absolute atomic E-state index is 11.7. The number of carbonyl (C=O) groups is 2. The number of likely N-dealkylation sites (tertiary alicyclic amines) is 1. The van der Waals surface area contributed by atoms with Crippen LogP contribution in [0.3, 0.4) is 0 Å². The Hall–Kier alpha value is -1.26. The molecule has 1 saturated heterocycles. The van der Waals surface area contributed by atoms with Gasteiger partial charge in [-0.25, -0.2) is 4.79 Å². The largest absolute Gasteiger partial charge is 0.481 e. The Morgan fingerprint density at radius 2 is 2.19 bits per heavy atom. The lowest BCUT2D eigenvalue weighted by Crippen LogP contribution is -2.42. The molecule has 1 unspecified atom stereocenters. The minimum atomic E-state index is -0.885. The first-order valence-electron chi connectivity index (χ1n) is 5.84. The minimum Gasteiger partial charge on any atom is -0.481 e. The number of amides is 2. The van der Waals surface area contributed by atoms with Crippen LogP contribution in [-0.2, 0) is 4.79 Å². The number of nitrogens with zero attached hydrogens (tertiary/aromatic N) is 1. The average Bonchev–Trinajstić information content (AvgIpc) is 2.42. The predicted molar refractivity (Wildman–Crippen MR) is 60.2 cm³/mol. The van der Waals surface area contributed by atoms with E-state index < -0.39 is 5.97 Å². The van der Waals surface area contributed by atoms with Gasteiger partial charge in [0.25, 0.3) is 0 Å². The summed E-state index contributed by atoms with van der Waals surface area (Å²) in [7, 11) is 0. The molecule has 1 aliphatic heterocycles. The molecule has 0 radical (unpaired) electrons. The molecule has 5 heteroatoms. The maximum Gasteiger partial charge on any atom is 0.317 e. The molecule has 0 saturated carbocycles. The highest BCUT2D eigenvalue weighted by Gasteiger charge is 2.18. The van der Waals surface area contributed by atoms with Crippen LogP contribution in [0.4, 0.5) is 4.79 Å². The van der Waals surface area contributed by atoms with Crippen LogP contribution < -0.4 is 5.32 Å². The number of carboxylic acid groups (broad SMARTS) is 1. The smallest absolute Gasteiger partial charge is 0.317 e. The van der Waals surface area contributed by atoms with Gasteiger partial charge in [-0.05, 0) is 18.8 Å². The quantitative estimate of drug-likeness (QED) is 0.764. The summed E-state index contributed by atoms with van der Waals surface area (Å²) in [6, 6.07) is -0.130. The molecule has 1 rings (SSSR count). The van der Waals surface area contributed by atoms with Gasteiger partial charge < -0.3 is 15.3 Å². The van der Waals surface area contributed by atoms with Crippen molar-refractivity contribution in [1.82, 2.24) is 10.2 Å². The zero-order valence-electron chi connectivity index (χ0n) is 9.74. The monoisotopic (exact) mass is 228 g/mol. The molecular formula is C11H20N2O3. The van der Waals surface area contributed by atoms with Crippen LogP contribution in [0.25, 0.3) is 0 Å². The molecule has 2 amide bonds. The fraction of sp³-hybridized carbons (Fsp3) is 0.818. The van der Waals surface area contributed by atoms with Crippen LogP contribution >= 0.6 is 0 Å². The number of nitrogens with one attached hydrogen (secondary N) is 1. The van der Waals surface area contributed by atoms with Crippen molar-refractivity contribution in [2.45, 2.75) is 32.6 Å². The number of hydrogen-bond donors (Lipinski definition) is 2. The summed E-state index contributed by atoms with van der Waals surface area (Å²) in [5.41, 5.74) is 0. The average molecular weight is 228 g/mol. The Labute approximate surface area is 95.8 Å². The van der Waals surface area contributed by atoms with E-state index in [1.165, 1.54) is 12.8 Å². The van der Waals surface area contributed by atoms with E-state index in [1.54, 1.807) is 4.90 Å². The number of hydrogen-bond acceptors (Lipinski definition) is 2. The second-order valence-corrected chi connectivity index (χ2v) is 4.42. The molecule has 0 aromatic carbocycles. The zero-order chi connectivity index (χ0) is 12.0. The molecule has 0 aromatic heterocycles. The second-order valence-electron chi connectivity index (χ2n) is 4.42. The summed E-state index contributed by atoms with van der Waals surface area (Å²) in [5.74, 6) is -0.350. The molecule has 0 aliphatic carbocycles. The summed E-state index contributed by atoms with van der Waals surface area (Å²) in [6.45, 7) is 3.91. The molecule has 16 heavy (non-hydrogen) atoms. The summed E-state index contributed by atoms with van der Waals surface area (Å²) in [5, 5.41) is 11.1. The highest BCUT2D eigenvalue weighted by molar-refractivity contribution is 5.75. The molecule has 0 spiro atoms. The lowest BCUT2D eigenvalue weighted by Gasteiger charge is -2.22. The van der Waals surface area contributed by atoms with Crippen molar-refractivity contribution in [3.05, 3.63) is 0 Å². The molecular weight excluding hydrogens is 208 g/mol. The van der Waals surface area contributed by atoms with Crippen LogP contribution in [0.5, 0.6) is 0 Å². The van der Waals surface area contributed by atoms with Crippen molar-refractivity contribution < 1.29 is 14.7 Å². The van der Waals surface area contributed by atoms with Crippen LogP contribution in [0.15, 0.2) is 0 Å². The Kier molecular flexibility index (Phi) is 5.08. The molecule has 0 bridgehead atoms. The number of urea groups is 1. The predicted octanol–water partition coefficient (Wildman–Crippen LogP) is 1.29. The highest BCUT2D eigenvalue weighted by atomic mass is 16.4. The molecule has 1 atom stereocenters. The minimum absolute atomic E-state index is 0.0187. The van der Waals surface area contributed by atoms with Crippen molar-refractivity contribution in [3.63, 3.8) is 0 Å². The summed E-state index contributed by atoms with van der Waals surface area (Å²) < 4.78 is 0. The zero-order valence-corrected chi connectivity index (χ0v) is 9.74. The van der Waals surface area contributed by atoms with Gasteiger partial charge in [0.1, 0.15) is 0 Å². The number of aliphatic carboxylic acids is 1. The van der Waals surface area contributed by atoms with Gasteiger partial charge in [0.15, 0.2) is 0 Å². The Balaban J connectivity index is 2.31. The van der Waals surface area contributed by atoms with Gasteiger partial charge in [-0.1, -0.05) is 13.3 Å². The third-order valence-electron chi connectivity index (χ3n) is 2.81. The number of carboxylic acids is 1. The summed E-state index contributed by atoms with van der Waals surface area (Å²) in [4.78, 5) is 23.8. The van der Waals surface area contributed by atoms with Crippen LogP contribution in [0.2, 0.25) is 0 Å². The van der Waals surface area contributed by atoms with Gasteiger partial charge in [-0.15, -0.1) is 0 Å². The van der Waals surface area contributed by atoms with E-state index in [0.717, 1.165) is 19.5 Å². The van der Waals surface area contributed by atoms with E-state index in [-0.39, 0.29) is 19.0 Å². The van der Waals surface area contributed by atoms with Crippen LogP contribution in [0, 0.1) is 5.92 Å². The fourth-order valence-electron chi connectivity index (χ4n) is 1.93. The third kappa shape index (κ3) is 4.51. The van der Waals surface area contributed by atoms with Crippen LogP contribution in [-0.4, -0.2) is 41.6 Å². The lowest BCUT2D eigenvalue weighted by atomic mass is 10.1. The van der Waals surface area contributed by atoms with Gasteiger partial charge in [0, 0.05) is 19.6 Å². The summed E-state index contributed by atoms with van der Waals surface area (Å²) in [6.07, 6.45) is 3.35. The standard InChI is InChI=1S/C11H20N2O3/c1-9-4-2-3-7-13(8-9)11(16)12-6-5-10(14)15/h9H,2-8H2,1H3,(H,12,16)(H,14,15). The van der Waals surface area contributed by atoms with Crippen molar-refractivity contribution >= 4 is 12.0 Å². The number of rotatable bonds is 3. The SMILES string of the molecule is CC1CCCCN(C(=O)NCCC(=O)O)C1. The van der Waals surface area contributed by atoms with E-state index in [1.807, 2.05) is 0 Å². The van der Waals surface area contributed by atoms with E-state index >= 15 is 0 Å². The normalized spacial score (nSPS) is 21.3. The molecule has 0 aromatic rings. The Morgan fingerprint density at radius 3 is 2.88 bits per heavy atom. The molecule has 1 heterocycles. The van der Waals surface area contributed by atoms with E-state index in [2.05, 4.69) is 12.2 Å². The van der Waals surface area contributed by atoms with Gasteiger partial charge in [-0.3, -0.25) is 4.79 Å². The van der Waals surface area contributed by atoms with Gasteiger partial charge >= 0.3 is 12.0 Å². The van der Waals surface area contributed by atoms with Crippen molar-refractivity contribution in [3.8, 4) is 0 Å². The third-order valence-corrected chi connectivity index (χ3v) is 2.81. The lowest BCUT2D eigenvalue weighted by molar-refractivity contribution is -0.136. The number of carbonyl (C=O) groups excluding carboxylic acids is 1. The molecule has 1 fully saturated rings. The van der Waals surface area contributed by atoms with Gasteiger partial charge in [0.05, 0.1) is 6.42 Å². The van der Waals surface area contributed by atoms with Gasteiger partial charge in [-0.2, -0.15) is 0 Å². The molecule has 1 aliphatic rings. The molecule has 2 N–H and O–H groups in total.